The lowest BCUT2D eigenvalue weighted by molar-refractivity contribution is 0.102. The van der Waals surface area contributed by atoms with Crippen molar-refractivity contribution in [3.63, 3.8) is 0 Å². The lowest BCUT2D eigenvalue weighted by atomic mass is 9.85. The van der Waals surface area contributed by atoms with Gasteiger partial charge in [-0.3, -0.25) is 4.79 Å². The smallest absolute Gasteiger partial charge is 0.256 e. The van der Waals surface area contributed by atoms with Crippen LogP contribution in [-0.4, -0.2) is 23.0 Å². The maximum absolute atomic E-state index is 12.9. The molecule has 2 aromatic carbocycles. The van der Waals surface area contributed by atoms with Gasteiger partial charge in [0, 0.05) is 11.1 Å². The van der Waals surface area contributed by atoms with Crippen LogP contribution in [0.1, 0.15) is 65.8 Å². The summed E-state index contributed by atoms with van der Waals surface area (Å²) in [5.74, 6) is 2.10. The van der Waals surface area contributed by atoms with E-state index >= 15 is 0 Å². The average molecular weight is 442 g/mol. The summed E-state index contributed by atoms with van der Waals surface area (Å²) in [5.41, 5.74) is 5.81. The molecule has 0 unspecified atom stereocenters. The lowest BCUT2D eigenvalue weighted by Crippen LogP contribution is -2.19. The van der Waals surface area contributed by atoms with Crippen LogP contribution in [0, 0.1) is 5.92 Å². The summed E-state index contributed by atoms with van der Waals surface area (Å²) in [4.78, 5) is 23.0. The number of ether oxygens (including phenoxy) is 1. The number of amides is 1. The average Bonchev–Trinajstić information content (AvgIpc) is 2.88. The summed E-state index contributed by atoms with van der Waals surface area (Å²) >= 11 is 0. The van der Waals surface area contributed by atoms with Crippen LogP contribution in [-0.2, 0) is 19.3 Å². The van der Waals surface area contributed by atoms with Crippen LogP contribution >= 0.6 is 0 Å². The molecule has 1 fully saturated rings. The van der Waals surface area contributed by atoms with E-state index in [-0.39, 0.29) is 5.91 Å². The van der Waals surface area contributed by atoms with E-state index in [1.54, 1.807) is 7.11 Å². The summed E-state index contributed by atoms with van der Waals surface area (Å²) < 4.78 is 5.42. The molecule has 0 radical (unpaired) electrons. The highest BCUT2D eigenvalue weighted by Gasteiger charge is 2.24. The second-order valence-corrected chi connectivity index (χ2v) is 9.20. The first kappa shape index (κ1) is 21.6. The van der Waals surface area contributed by atoms with Crippen LogP contribution in [0.25, 0.3) is 11.3 Å². The number of nitrogens with zero attached hydrogens (tertiary/aromatic N) is 2. The van der Waals surface area contributed by atoms with Crippen LogP contribution in [0.15, 0.2) is 48.5 Å². The number of anilines is 1. The van der Waals surface area contributed by atoms with Gasteiger partial charge in [0.25, 0.3) is 5.91 Å². The van der Waals surface area contributed by atoms with Crippen LogP contribution in [0.4, 0.5) is 5.82 Å². The molecule has 1 saturated carbocycles. The van der Waals surface area contributed by atoms with Crippen molar-refractivity contribution in [2.45, 2.75) is 57.8 Å². The fraction of sp³-hybridized carbons (Fsp3) is 0.393. The molecule has 5 heteroatoms. The molecule has 0 bridgehead atoms. The van der Waals surface area contributed by atoms with E-state index in [2.05, 4.69) is 17.4 Å². The number of benzene rings is 2. The molecular weight excluding hydrogens is 410 g/mol. The first-order valence-corrected chi connectivity index (χ1v) is 12.1. The Kier molecular flexibility index (Phi) is 6.38. The van der Waals surface area contributed by atoms with Crippen molar-refractivity contribution < 1.29 is 9.53 Å². The van der Waals surface area contributed by atoms with Crippen LogP contribution in [0.2, 0.25) is 0 Å². The SMILES string of the molecule is COc1ccc2c(c1)CCc1nc(NC(=O)c3ccccc3)c(CCC3CCCCC3)nc1-2. The molecule has 0 saturated heterocycles. The number of methoxy groups -OCH3 is 1. The number of hydrogen-bond acceptors (Lipinski definition) is 4. The quantitative estimate of drug-likeness (QED) is 0.508. The van der Waals surface area contributed by atoms with Crippen LogP contribution in [0.3, 0.4) is 0 Å². The van der Waals surface area contributed by atoms with E-state index in [9.17, 15) is 4.79 Å². The second-order valence-electron chi connectivity index (χ2n) is 9.20. The number of hydrogen-bond donors (Lipinski definition) is 1. The number of nitrogens with one attached hydrogen (secondary N) is 1. The van der Waals surface area contributed by atoms with Crippen molar-refractivity contribution in [2.75, 3.05) is 12.4 Å². The Morgan fingerprint density at radius 2 is 1.85 bits per heavy atom. The van der Waals surface area contributed by atoms with Gasteiger partial charge in [-0.05, 0) is 67.5 Å². The third-order valence-corrected chi connectivity index (χ3v) is 7.02. The Morgan fingerprint density at radius 3 is 2.64 bits per heavy atom. The van der Waals surface area contributed by atoms with Gasteiger partial charge in [-0.25, -0.2) is 9.97 Å². The van der Waals surface area contributed by atoms with Crippen molar-refractivity contribution in [1.29, 1.82) is 0 Å². The van der Waals surface area contributed by atoms with Crippen molar-refractivity contribution in [2.24, 2.45) is 5.92 Å². The summed E-state index contributed by atoms with van der Waals surface area (Å²) in [6.07, 6.45) is 10.2. The summed E-state index contributed by atoms with van der Waals surface area (Å²) in [5, 5.41) is 3.07. The number of carbonyl (C=O) groups excluding carboxylic acids is 1. The molecule has 0 spiro atoms. The molecule has 1 amide bonds. The van der Waals surface area contributed by atoms with E-state index in [0.29, 0.717) is 11.4 Å². The third-order valence-electron chi connectivity index (χ3n) is 7.02. The zero-order valence-corrected chi connectivity index (χ0v) is 19.3. The van der Waals surface area contributed by atoms with Gasteiger partial charge >= 0.3 is 0 Å². The molecular formula is C28H31N3O2. The van der Waals surface area contributed by atoms with Crippen LogP contribution < -0.4 is 10.1 Å². The zero-order valence-electron chi connectivity index (χ0n) is 19.3. The first-order valence-electron chi connectivity index (χ1n) is 12.1. The maximum atomic E-state index is 12.9. The fourth-order valence-electron chi connectivity index (χ4n) is 5.14. The zero-order chi connectivity index (χ0) is 22.6. The largest absolute Gasteiger partial charge is 0.497 e. The van der Waals surface area contributed by atoms with Crippen molar-refractivity contribution in [3.05, 3.63) is 71.0 Å². The highest BCUT2D eigenvalue weighted by molar-refractivity contribution is 6.04. The molecule has 5 rings (SSSR count). The number of fused-ring (bicyclic) bond motifs is 3. The molecule has 1 heterocycles. The van der Waals surface area contributed by atoms with Crippen molar-refractivity contribution >= 4 is 11.7 Å². The van der Waals surface area contributed by atoms with Gasteiger partial charge in [0.2, 0.25) is 0 Å². The molecule has 0 atom stereocenters. The Hall–Kier alpha value is -3.21. The Bertz CT molecular complexity index is 1140. The molecule has 3 aromatic rings. The lowest BCUT2D eigenvalue weighted by Gasteiger charge is -2.23. The van der Waals surface area contributed by atoms with Crippen molar-refractivity contribution in [1.82, 2.24) is 9.97 Å². The van der Waals surface area contributed by atoms with Gasteiger partial charge in [0.05, 0.1) is 24.2 Å². The van der Waals surface area contributed by atoms with E-state index in [1.807, 2.05) is 36.4 Å². The van der Waals surface area contributed by atoms with Gasteiger partial charge < -0.3 is 10.1 Å². The normalized spacial score (nSPS) is 15.4. The van der Waals surface area contributed by atoms with Gasteiger partial charge in [0.1, 0.15) is 5.75 Å². The van der Waals surface area contributed by atoms with E-state index in [0.717, 1.165) is 60.0 Å². The molecule has 1 aromatic heterocycles. The molecule has 0 aliphatic heterocycles. The number of carbonyl (C=O) groups is 1. The predicted molar refractivity (Wildman–Crippen MR) is 131 cm³/mol. The summed E-state index contributed by atoms with van der Waals surface area (Å²) in [6.45, 7) is 0. The van der Waals surface area contributed by atoms with Gasteiger partial charge in [-0.1, -0.05) is 50.3 Å². The first-order chi connectivity index (χ1) is 16.2. The highest BCUT2D eigenvalue weighted by Crippen LogP contribution is 2.36. The Morgan fingerprint density at radius 1 is 1.03 bits per heavy atom. The number of aryl methyl sites for hydroxylation is 3. The summed E-state index contributed by atoms with van der Waals surface area (Å²) in [7, 11) is 1.70. The second kappa shape index (κ2) is 9.74. The monoisotopic (exact) mass is 441 g/mol. The molecule has 2 aliphatic carbocycles. The van der Waals surface area contributed by atoms with Crippen LogP contribution in [0.5, 0.6) is 5.75 Å². The van der Waals surface area contributed by atoms with Gasteiger partial charge in [0.15, 0.2) is 5.82 Å². The number of rotatable bonds is 6. The molecule has 33 heavy (non-hydrogen) atoms. The Labute approximate surface area is 195 Å². The molecule has 2 aliphatic rings. The minimum atomic E-state index is -0.135. The summed E-state index contributed by atoms with van der Waals surface area (Å²) in [6, 6.07) is 15.5. The topological polar surface area (TPSA) is 64.1 Å². The van der Waals surface area contributed by atoms with E-state index < -0.39 is 0 Å². The maximum Gasteiger partial charge on any atom is 0.256 e. The van der Waals surface area contributed by atoms with Gasteiger partial charge in [-0.15, -0.1) is 0 Å². The minimum Gasteiger partial charge on any atom is -0.497 e. The van der Waals surface area contributed by atoms with Gasteiger partial charge in [-0.2, -0.15) is 0 Å². The molecule has 1 N–H and O–H groups in total. The molecule has 170 valence electrons. The molecule has 5 nitrogen and oxygen atoms in total. The highest BCUT2D eigenvalue weighted by atomic mass is 16.5. The number of aromatic nitrogens is 2. The van der Waals surface area contributed by atoms with E-state index in [4.69, 9.17) is 14.7 Å². The predicted octanol–water partition coefficient (Wildman–Crippen LogP) is 6.02. The Balaban J connectivity index is 1.48. The minimum absolute atomic E-state index is 0.135. The van der Waals surface area contributed by atoms with E-state index in [1.165, 1.54) is 37.7 Å². The third kappa shape index (κ3) is 4.77. The standard InChI is InChI=1S/C28H31N3O2/c1-33-22-14-15-23-21(18-22)13-17-24-26(23)29-25(16-12-19-8-4-2-5-9-19)27(30-24)31-28(32)20-10-6-3-7-11-20/h3,6-7,10-11,14-15,18-19H,2,4-5,8-9,12-13,16-17H2,1H3,(H,30,31,32). The van der Waals surface area contributed by atoms with Crippen molar-refractivity contribution in [3.8, 4) is 17.0 Å². The fourth-order valence-corrected chi connectivity index (χ4v) is 5.14.